The lowest BCUT2D eigenvalue weighted by Crippen LogP contribution is -2.52. The average molecular weight is 551 g/mol. The third kappa shape index (κ3) is 10.4. The first-order valence-electron chi connectivity index (χ1n) is 14.9. The molecule has 0 heterocycles. The Bertz CT molecular complexity index is 717. The van der Waals surface area contributed by atoms with Crippen LogP contribution in [0.4, 0.5) is 0 Å². The van der Waals surface area contributed by atoms with E-state index in [1.807, 2.05) is 12.1 Å². The van der Waals surface area contributed by atoms with Gasteiger partial charge in [-0.25, -0.2) is 0 Å². The minimum atomic E-state index is -1.86. The molecular weight excluding hydrogens is 493 g/mol. The van der Waals surface area contributed by atoms with Crippen LogP contribution in [-0.4, -0.2) is 47.2 Å². The second kappa shape index (κ2) is 17.7. The van der Waals surface area contributed by atoms with Crippen molar-refractivity contribution in [1.29, 1.82) is 0 Å². The van der Waals surface area contributed by atoms with Crippen LogP contribution in [0.2, 0.25) is 36.3 Å². The molecule has 0 saturated heterocycles. The zero-order valence-corrected chi connectivity index (χ0v) is 27.5. The summed E-state index contributed by atoms with van der Waals surface area (Å²) >= 11 is 0. The van der Waals surface area contributed by atoms with Gasteiger partial charge in [-0.15, -0.1) is 0 Å². The van der Waals surface area contributed by atoms with E-state index in [-0.39, 0.29) is 36.6 Å². The summed E-state index contributed by atoms with van der Waals surface area (Å²) in [4.78, 5) is 0. The molecule has 0 aromatic heterocycles. The Kier molecular flexibility index (Phi) is 16.4. The van der Waals surface area contributed by atoms with Gasteiger partial charge in [-0.1, -0.05) is 105 Å². The van der Waals surface area contributed by atoms with Crippen molar-refractivity contribution < 1.29 is 18.7 Å². The lowest BCUT2D eigenvalue weighted by atomic mass is 9.84. The molecule has 0 bridgehead atoms. The minimum absolute atomic E-state index is 0.0492. The van der Waals surface area contributed by atoms with Crippen LogP contribution in [0.5, 0.6) is 0 Å². The fraction of sp³-hybridized carbons (Fsp3) is 0.742. The fourth-order valence-electron chi connectivity index (χ4n) is 5.62. The summed E-state index contributed by atoms with van der Waals surface area (Å²) in [6.45, 7) is 22.0. The Hall–Kier alpha value is -0.766. The van der Waals surface area contributed by atoms with Crippen molar-refractivity contribution in [1.82, 2.24) is 0 Å². The molecule has 1 rings (SSSR count). The first-order valence-corrected chi connectivity index (χ1v) is 20.0. The van der Waals surface area contributed by atoms with E-state index in [4.69, 9.17) is 13.6 Å². The van der Waals surface area contributed by atoms with Gasteiger partial charge >= 0.3 is 0 Å². The fourth-order valence-corrected chi connectivity index (χ4v) is 11.6. The summed E-state index contributed by atoms with van der Waals surface area (Å²) < 4.78 is 20.8. The van der Waals surface area contributed by atoms with Gasteiger partial charge in [0.25, 0.3) is 0 Å². The highest BCUT2D eigenvalue weighted by Gasteiger charge is 2.42. The van der Waals surface area contributed by atoms with Crippen molar-refractivity contribution in [3.05, 3.63) is 48.0 Å². The highest BCUT2D eigenvalue weighted by molar-refractivity contribution is 6.74. The van der Waals surface area contributed by atoms with Gasteiger partial charge in [0, 0.05) is 11.8 Å². The minimum Gasteiger partial charge on any atom is -0.413 e. The molecule has 1 aromatic carbocycles. The van der Waals surface area contributed by atoms with E-state index in [9.17, 15) is 5.11 Å². The van der Waals surface area contributed by atoms with Crippen LogP contribution in [0.3, 0.4) is 0 Å². The molecule has 37 heavy (non-hydrogen) atoms. The molecule has 5 atom stereocenters. The van der Waals surface area contributed by atoms with Gasteiger partial charge in [0.15, 0.2) is 16.6 Å². The van der Waals surface area contributed by atoms with E-state index in [0.29, 0.717) is 13.2 Å². The second-order valence-corrected chi connectivity index (χ2v) is 20.4. The molecule has 214 valence electrons. The number of benzene rings is 1. The van der Waals surface area contributed by atoms with Crippen LogP contribution in [0.25, 0.3) is 0 Å². The van der Waals surface area contributed by atoms with Crippen LogP contribution in [0.15, 0.2) is 42.5 Å². The van der Waals surface area contributed by atoms with Gasteiger partial charge < -0.3 is 18.7 Å². The predicted molar refractivity (Wildman–Crippen MR) is 164 cm³/mol. The summed E-state index contributed by atoms with van der Waals surface area (Å²) in [5.41, 5.74) is 1.20. The van der Waals surface area contributed by atoms with Crippen molar-refractivity contribution in [2.45, 2.75) is 117 Å². The molecule has 1 N–H and O–H groups in total. The van der Waals surface area contributed by atoms with E-state index < -0.39 is 16.6 Å². The molecule has 0 amide bonds. The van der Waals surface area contributed by atoms with Crippen molar-refractivity contribution in [3.63, 3.8) is 0 Å². The topological polar surface area (TPSA) is 47.9 Å². The number of rotatable bonds is 20. The van der Waals surface area contributed by atoms with Gasteiger partial charge in [0.05, 0.1) is 32.0 Å². The van der Waals surface area contributed by atoms with E-state index >= 15 is 0 Å². The zero-order valence-electron chi connectivity index (χ0n) is 25.5. The Labute approximate surface area is 231 Å². The molecule has 0 radical (unpaired) electrons. The molecule has 0 aliphatic heterocycles. The maximum atomic E-state index is 9.49. The van der Waals surface area contributed by atoms with Gasteiger partial charge in [-0.3, -0.25) is 0 Å². The molecule has 0 saturated carbocycles. The van der Waals surface area contributed by atoms with Crippen LogP contribution < -0.4 is 0 Å². The Morgan fingerprint density at radius 3 is 1.70 bits per heavy atom. The summed E-state index contributed by atoms with van der Waals surface area (Å²) in [6, 6.07) is 17.2. The van der Waals surface area contributed by atoms with E-state index in [1.54, 1.807) is 0 Å². The quantitative estimate of drug-likeness (QED) is 0.131. The number of aliphatic hydroxyl groups is 1. The number of hydrogen-bond acceptors (Lipinski definition) is 4. The van der Waals surface area contributed by atoms with Crippen LogP contribution in [0, 0.1) is 17.8 Å². The summed E-state index contributed by atoms with van der Waals surface area (Å²) in [7, 11) is -3.71. The van der Waals surface area contributed by atoms with E-state index in [2.05, 4.69) is 92.7 Å². The predicted octanol–water partition coefficient (Wildman–Crippen LogP) is 8.44. The van der Waals surface area contributed by atoms with Crippen LogP contribution >= 0.6 is 0 Å². The molecule has 0 unspecified atom stereocenters. The Morgan fingerprint density at radius 1 is 0.757 bits per heavy atom. The van der Waals surface area contributed by atoms with Gasteiger partial charge in [-0.05, 0) is 47.7 Å². The first-order chi connectivity index (χ1) is 17.7. The Morgan fingerprint density at radius 2 is 1.24 bits per heavy atom. The maximum Gasteiger partial charge on any atom is 0.192 e. The molecule has 0 aliphatic rings. The zero-order chi connectivity index (χ0) is 27.9. The van der Waals surface area contributed by atoms with Crippen molar-refractivity contribution in [2.24, 2.45) is 17.8 Å². The van der Waals surface area contributed by atoms with Gasteiger partial charge in [-0.2, -0.15) is 0 Å². The molecular formula is C31H58O4Si2. The highest BCUT2D eigenvalue weighted by atomic mass is 28.4. The third-order valence-electron chi connectivity index (χ3n) is 8.79. The molecule has 1 aromatic rings. The van der Waals surface area contributed by atoms with Gasteiger partial charge in [0.2, 0.25) is 0 Å². The van der Waals surface area contributed by atoms with E-state index in [1.165, 1.54) is 5.56 Å². The second-order valence-electron chi connectivity index (χ2n) is 11.0. The first kappa shape index (κ1) is 34.3. The molecule has 0 spiro atoms. The maximum absolute atomic E-state index is 9.49. The highest BCUT2D eigenvalue weighted by Crippen LogP contribution is 2.36. The molecule has 4 nitrogen and oxygen atoms in total. The van der Waals surface area contributed by atoms with Crippen molar-refractivity contribution in [3.8, 4) is 0 Å². The molecule has 0 fully saturated rings. The molecule has 6 heteroatoms. The lowest BCUT2D eigenvalue weighted by molar-refractivity contribution is -0.0314. The SMILES string of the molecule is CC[Si](CC)(CC)O[C@H]([C@@H](C)[C@@H](O[Si](CC)(CC)CC)[C@@H](C)COCc1ccccc1)[C@@H](C)/C=C/CO. The smallest absolute Gasteiger partial charge is 0.192 e. The number of hydrogen-bond donors (Lipinski definition) is 1. The van der Waals surface area contributed by atoms with E-state index in [0.717, 1.165) is 36.3 Å². The summed E-state index contributed by atoms with van der Waals surface area (Å²) in [5, 5.41) is 9.49. The van der Waals surface area contributed by atoms with Crippen molar-refractivity contribution >= 4 is 16.6 Å². The summed E-state index contributed by atoms with van der Waals surface area (Å²) in [5.74, 6) is 0.654. The third-order valence-corrected chi connectivity index (χ3v) is 18.1. The van der Waals surface area contributed by atoms with Crippen LogP contribution in [-0.2, 0) is 20.2 Å². The Balaban J connectivity index is 3.32. The monoisotopic (exact) mass is 550 g/mol. The van der Waals surface area contributed by atoms with Crippen molar-refractivity contribution in [2.75, 3.05) is 13.2 Å². The molecule has 0 aliphatic carbocycles. The largest absolute Gasteiger partial charge is 0.413 e. The standard InChI is InChI=1S/C31H58O4Si2/c1-10-36(11-2,12-3)34-30(26(7)20-19-23-32)28(9)31(35-37(13-4,14-5)15-6)27(8)24-33-25-29-21-17-16-18-22-29/h16-22,26-28,30-32H,10-15,23-25H2,1-9H3/b20-19+/t26-,27-,28+,30-,31-/m0/s1. The van der Waals surface area contributed by atoms with Gasteiger partial charge in [0.1, 0.15) is 0 Å². The number of ether oxygens (including phenoxy) is 1. The average Bonchev–Trinajstić information content (AvgIpc) is 2.94. The van der Waals surface area contributed by atoms with Crippen LogP contribution in [0.1, 0.15) is 67.9 Å². The lowest BCUT2D eigenvalue weighted by Gasteiger charge is -2.45. The summed E-state index contributed by atoms with van der Waals surface area (Å²) in [6.07, 6.45) is 4.12. The normalized spacial score (nSPS) is 17.0. The number of aliphatic hydroxyl groups excluding tert-OH is 1.